The maximum atomic E-state index is 9.75. The fourth-order valence-electron chi connectivity index (χ4n) is 11.7. The van der Waals surface area contributed by atoms with Crippen LogP contribution in [0.1, 0.15) is 174 Å². The minimum absolute atomic E-state index is 0. The summed E-state index contributed by atoms with van der Waals surface area (Å²) in [5.74, 6) is 0. The van der Waals surface area contributed by atoms with Crippen LogP contribution in [0.5, 0.6) is 0 Å². The molecule has 0 bridgehead atoms. The molecule has 30 heteroatoms. The monoisotopic (exact) mass is 1680 g/mol. The fraction of sp³-hybridized carbons (Fsp3) is 0.629. The van der Waals surface area contributed by atoms with Gasteiger partial charge in [0.05, 0.1) is 22.8 Å². The number of aromatic nitrogens is 8. The third-order valence-corrected chi connectivity index (χ3v) is 15.5. The summed E-state index contributed by atoms with van der Waals surface area (Å²) in [5.41, 5.74) is 8.89. The molecule has 3 radical (unpaired) electrons. The average molecular weight is 1680 g/mol. The number of hydrogen-bond acceptors (Lipinski definition) is 10. The van der Waals surface area contributed by atoms with Crippen LogP contribution in [0.2, 0.25) is 0 Å². The van der Waals surface area contributed by atoms with Crippen molar-refractivity contribution in [3.63, 3.8) is 0 Å². The molecule has 0 N–H and O–H groups in total. The maximum absolute atomic E-state index is 9.75. The maximum Gasteiger partial charge on any atom is 2.00 e. The van der Waals surface area contributed by atoms with E-state index in [1.807, 2.05) is 49.1 Å². The Bertz CT molecular complexity index is 2440. The molecular formula is C70H118B2Cu4F8N12P4+7. The van der Waals surface area contributed by atoms with E-state index in [4.69, 9.17) is 0 Å². The molecule has 100 heavy (non-hydrogen) atoms. The third-order valence-electron chi connectivity index (χ3n) is 15.5. The fourth-order valence-corrected chi connectivity index (χ4v) is 11.7. The Hall–Kier alpha value is -1.77. The first-order valence-corrected chi connectivity index (χ1v) is 46.9. The SMILES string of the molecule is C[PH+](C)C.C[PH+](C)C.C[PH+](C)C.C[PH+](C)C.F[B-](F)(F)F.F[B-](F)(F)F.[Cu+2].[Cu+2].[Cu+2].[Cu+].c1ccc(CN(Cc2cc(CN(Cc3ccccn3)C3CCCCC3)[n-]n2)C2CCCCC2)nc1.c1ccc(CN(Cc2cc(CN(Cc3ccccn3)C3CCCCC3)[n-]n2)C2CCCCC2)nc1. The van der Waals surface area contributed by atoms with Gasteiger partial charge in [-0.2, -0.15) is 0 Å². The van der Waals surface area contributed by atoms with Gasteiger partial charge in [0.2, 0.25) is 0 Å². The van der Waals surface area contributed by atoms with Crippen molar-refractivity contribution in [1.82, 2.24) is 59.9 Å². The van der Waals surface area contributed by atoms with Crippen molar-refractivity contribution in [2.75, 3.05) is 80.0 Å². The summed E-state index contributed by atoms with van der Waals surface area (Å²) in [6.07, 6.45) is 33.8. The van der Waals surface area contributed by atoms with Gasteiger partial charge in [0.15, 0.2) is 0 Å². The van der Waals surface area contributed by atoms with Crippen molar-refractivity contribution >= 4 is 46.2 Å². The summed E-state index contributed by atoms with van der Waals surface area (Å²) in [6.45, 7) is 34.1. The van der Waals surface area contributed by atoms with Crippen molar-refractivity contribution in [2.24, 2.45) is 0 Å². The van der Waals surface area contributed by atoms with Crippen LogP contribution in [0.3, 0.4) is 0 Å². The summed E-state index contributed by atoms with van der Waals surface area (Å²) >= 11 is 0. The zero-order chi connectivity index (χ0) is 70.7. The van der Waals surface area contributed by atoms with Gasteiger partial charge in [0.1, 0.15) is 0 Å². The molecule has 0 atom stereocenters. The Morgan fingerprint density at radius 2 is 0.500 bits per heavy atom. The van der Waals surface area contributed by atoms with Crippen molar-refractivity contribution in [3.05, 3.63) is 155 Å². The molecule has 0 amide bonds. The molecule has 4 aliphatic rings. The Morgan fingerprint density at radius 3 is 0.680 bits per heavy atom. The van der Waals surface area contributed by atoms with E-state index >= 15 is 0 Å². The molecule has 12 nitrogen and oxygen atoms in total. The van der Waals surface area contributed by atoms with E-state index in [9.17, 15) is 34.5 Å². The molecule has 0 aliphatic heterocycles. The van der Waals surface area contributed by atoms with Crippen LogP contribution < -0.4 is 10.2 Å². The van der Waals surface area contributed by atoms with Gasteiger partial charge >= 0.3 is 82.8 Å². The molecule has 0 saturated heterocycles. The van der Waals surface area contributed by atoms with Gasteiger partial charge in [-0.25, -0.2) is 0 Å². The van der Waals surface area contributed by atoms with Gasteiger partial charge in [-0.15, -0.1) is 11.4 Å². The standard InChI is InChI=1S/2C29H39N6.4C3H9P.2BF4.4Cu/c2*1-3-13-28(14-4-1)34(20-24-11-7-9-17-30-24)22-26-19-27(33-32-26)23-35(29-15-5-2-6-16-29)21-25-12-8-10-18-31-25;4*1-4(2)3;2*2-1(3,4)5;;;;/h2*7-12,17-19,28-29H,1-6,13-16,20-23H2;4*1-3H3;;;;;;/q2*-1;;;;;2*-1;+1;3*+2/p+4. The Labute approximate surface area is 644 Å². The van der Waals surface area contributed by atoms with Crippen LogP contribution in [0, 0.1) is 0 Å². The molecule has 0 aromatic carbocycles. The average Bonchev–Trinajstić information content (AvgIpc) is 1.60. The minimum atomic E-state index is -6.00. The molecule has 0 unspecified atom stereocenters. The zero-order valence-electron chi connectivity index (χ0n) is 61.3. The molecule has 0 spiro atoms. The topological polar surface area (TPSA) is 118 Å². The van der Waals surface area contributed by atoms with Gasteiger partial charge in [-0.1, -0.05) is 113 Å². The van der Waals surface area contributed by atoms with Crippen LogP contribution in [0.4, 0.5) is 34.5 Å². The van der Waals surface area contributed by atoms with Gasteiger partial charge < -0.3 is 54.9 Å². The molecule has 4 fully saturated rings. The Balaban J connectivity index is 0. The van der Waals surface area contributed by atoms with Crippen molar-refractivity contribution < 1.29 is 103 Å². The molecule has 6 aromatic rings. The molecule has 6 heterocycles. The van der Waals surface area contributed by atoms with E-state index in [1.54, 1.807) is 0 Å². The summed E-state index contributed by atoms with van der Waals surface area (Å²) in [5, 5.41) is 18.6. The zero-order valence-corrected chi connectivity index (χ0v) is 69.0. The van der Waals surface area contributed by atoms with Crippen LogP contribution in [-0.4, -0.2) is 168 Å². The summed E-state index contributed by atoms with van der Waals surface area (Å²) in [7, 11) is -11.5. The first-order valence-electron chi connectivity index (χ1n) is 34.9. The van der Waals surface area contributed by atoms with Crippen molar-refractivity contribution in [3.8, 4) is 0 Å². The molecular weight excluding hydrogens is 1560 g/mol. The van der Waals surface area contributed by atoms with E-state index in [0.29, 0.717) is 24.2 Å². The number of hydrogen-bond donors (Lipinski definition) is 0. The quantitative estimate of drug-likeness (QED) is 0.0411. The smallest absolute Gasteiger partial charge is 0.578 e. The van der Waals surface area contributed by atoms with E-state index in [1.165, 1.54) is 128 Å². The van der Waals surface area contributed by atoms with Crippen LogP contribution in [0.25, 0.3) is 0 Å². The molecule has 4 saturated carbocycles. The first kappa shape index (κ1) is 100. The van der Waals surface area contributed by atoms with Crippen molar-refractivity contribution in [2.45, 2.75) is 205 Å². The minimum Gasteiger partial charge on any atom is -0.578 e. The number of halogens is 8. The predicted molar refractivity (Wildman–Crippen MR) is 401 cm³/mol. The summed E-state index contributed by atoms with van der Waals surface area (Å²) in [4.78, 5) is 28.7. The van der Waals surface area contributed by atoms with Gasteiger partial charge in [0.25, 0.3) is 0 Å². The van der Waals surface area contributed by atoms with Crippen LogP contribution in [-0.2, 0) is 121 Å². The summed E-state index contributed by atoms with van der Waals surface area (Å²) < 4.78 is 78.0. The van der Waals surface area contributed by atoms with E-state index in [2.05, 4.69) is 201 Å². The van der Waals surface area contributed by atoms with E-state index in [-0.39, 0.29) is 100.0 Å². The number of pyridine rings is 4. The number of rotatable bonds is 20. The second-order valence-corrected chi connectivity index (χ2v) is 39.7. The van der Waals surface area contributed by atoms with E-state index < -0.39 is 14.5 Å². The van der Waals surface area contributed by atoms with E-state index in [0.717, 1.165) is 97.9 Å². The summed E-state index contributed by atoms with van der Waals surface area (Å²) in [6, 6.07) is 31.8. The Kier molecular flexibility index (Phi) is 58.5. The second-order valence-electron chi connectivity index (χ2n) is 27.7. The predicted octanol–water partition coefficient (Wildman–Crippen LogP) is 17.9. The van der Waals surface area contributed by atoms with Gasteiger partial charge in [-0.3, -0.25) is 39.5 Å². The molecule has 577 valence electrons. The molecule has 10 rings (SSSR count). The van der Waals surface area contributed by atoms with Gasteiger partial charge in [-0.05, 0) is 132 Å². The Morgan fingerprint density at radius 1 is 0.320 bits per heavy atom. The number of nitrogens with zero attached hydrogens (tertiary/aromatic N) is 12. The second kappa shape index (κ2) is 58.3. The molecule has 4 aliphatic carbocycles. The van der Waals surface area contributed by atoms with Crippen molar-refractivity contribution in [1.29, 1.82) is 0 Å². The van der Waals surface area contributed by atoms with Crippen LogP contribution in [0.15, 0.2) is 110 Å². The third kappa shape index (κ3) is 53.1. The van der Waals surface area contributed by atoms with Crippen LogP contribution >= 0.6 is 31.7 Å². The first-order chi connectivity index (χ1) is 45.6. The normalized spacial score (nSPS) is 15.2. The van der Waals surface area contributed by atoms with Gasteiger partial charge in [0, 0.05) is 193 Å². The largest absolute Gasteiger partial charge is 2.00 e. The molecule has 6 aromatic heterocycles.